The van der Waals surface area contributed by atoms with E-state index in [0.717, 1.165) is 22.3 Å². The second-order valence-electron chi connectivity index (χ2n) is 6.26. The fourth-order valence-corrected chi connectivity index (χ4v) is 2.98. The molecule has 2 aromatic carbocycles. The monoisotopic (exact) mass is 369 g/mol. The van der Waals surface area contributed by atoms with Gasteiger partial charge in [0.15, 0.2) is 0 Å². The highest BCUT2D eigenvalue weighted by Crippen LogP contribution is 2.27. The summed E-state index contributed by atoms with van der Waals surface area (Å²) in [6.07, 6.45) is 0. The Hall–Kier alpha value is -3.26. The van der Waals surface area contributed by atoms with E-state index >= 15 is 0 Å². The van der Waals surface area contributed by atoms with Crippen LogP contribution in [-0.4, -0.2) is 46.9 Å². The van der Waals surface area contributed by atoms with E-state index in [4.69, 9.17) is 4.74 Å². The Morgan fingerprint density at radius 3 is 2.37 bits per heavy atom. The summed E-state index contributed by atoms with van der Waals surface area (Å²) >= 11 is 0. The number of fused-ring (bicyclic) bond motifs is 1. The molecule has 0 fully saturated rings. The molecule has 0 N–H and O–H groups in total. The van der Waals surface area contributed by atoms with E-state index in [2.05, 4.69) is 0 Å². The van der Waals surface area contributed by atoms with Crippen LogP contribution in [-0.2, 0) is 6.54 Å². The van der Waals surface area contributed by atoms with Crippen molar-refractivity contribution < 1.29 is 19.2 Å². The lowest BCUT2D eigenvalue weighted by molar-refractivity contribution is -0.384. The summed E-state index contributed by atoms with van der Waals surface area (Å²) in [7, 11) is 1.79. The summed E-state index contributed by atoms with van der Waals surface area (Å²) < 4.78 is 5.40. The average Bonchev–Trinajstić information content (AvgIpc) is 2.88. The van der Waals surface area contributed by atoms with E-state index in [0.29, 0.717) is 13.2 Å². The minimum atomic E-state index is -0.585. The van der Waals surface area contributed by atoms with Crippen molar-refractivity contribution in [3.63, 3.8) is 0 Å². The molecule has 0 aliphatic carbocycles. The van der Waals surface area contributed by atoms with E-state index in [9.17, 15) is 19.7 Å². The molecule has 27 heavy (non-hydrogen) atoms. The maximum absolute atomic E-state index is 12.5. The first-order valence-electron chi connectivity index (χ1n) is 8.45. The third-order valence-electron chi connectivity index (χ3n) is 4.23. The zero-order valence-electron chi connectivity index (χ0n) is 15.0. The van der Waals surface area contributed by atoms with Crippen molar-refractivity contribution in [3.8, 4) is 5.75 Å². The van der Waals surface area contributed by atoms with Gasteiger partial charge in [-0.1, -0.05) is 12.1 Å². The minimum absolute atomic E-state index is 0.0728. The Kier molecular flexibility index (Phi) is 5.18. The van der Waals surface area contributed by atoms with Crippen molar-refractivity contribution in [2.75, 3.05) is 20.3 Å². The lowest BCUT2D eigenvalue weighted by Gasteiger charge is -2.23. The Bertz CT molecular complexity index is 895. The molecule has 140 valence electrons. The molecule has 1 aliphatic rings. The van der Waals surface area contributed by atoms with E-state index in [-0.39, 0.29) is 23.5 Å². The molecule has 0 radical (unpaired) electrons. The maximum Gasteiger partial charge on any atom is 0.270 e. The van der Waals surface area contributed by atoms with Gasteiger partial charge in [0.05, 0.1) is 29.3 Å². The van der Waals surface area contributed by atoms with Crippen molar-refractivity contribution in [1.29, 1.82) is 0 Å². The van der Waals surface area contributed by atoms with Crippen molar-refractivity contribution in [3.05, 3.63) is 69.3 Å². The number of hydrogen-bond donors (Lipinski definition) is 0. The smallest absolute Gasteiger partial charge is 0.270 e. The van der Waals surface area contributed by atoms with Gasteiger partial charge in [-0.25, -0.2) is 0 Å². The average molecular weight is 369 g/mol. The standard InChI is InChI=1S/C19H19N3O5/c1-3-27-15-7-4-13(5-8-15)11-20(2)12-21-18(23)16-9-6-14(22(25)26)10-17(16)19(21)24/h4-10H,3,11-12H2,1-2H3. The Morgan fingerprint density at radius 2 is 1.74 bits per heavy atom. The molecular weight excluding hydrogens is 350 g/mol. The number of non-ortho nitro benzene ring substituents is 1. The van der Waals surface area contributed by atoms with Crippen molar-refractivity contribution in [2.45, 2.75) is 13.5 Å². The molecule has 8 heteroatoms. The molecule has 0 atom stereocenters. The zero-order valence-corrected chi connectivity index (χ0v) is 15.0. The SMILES string of the molecule is CCOc1ccc(CN(C)CN2C(=O)c3ccc([N+](=O)[O-])cc3C2=O)cc1. The van der Waals surface area contributed by atoms with Crippen LogP contribution in [0, 0.1) is 10.1 Å². The van der Waals surface area contributed by atoms with Gasteiger partial charge >= 0.3 is 0 Å². The van der Waals surface area contributed by atoms with Crippen LogP contribution in [0.15, 0.2) is 42.5 Å². The first-order valence-corrected chi connectivity index (χ1v) is 8.45. The molecule has 8 nitrogen and oxygen atoms in total. The highest BCUT2D eigenvalue weighted by atomic mass is 16.6. The molecule has 3 rings (SSSR count). The highest BCUT2D eigenvalue weighted by molar-refractivity contribution is 6.21. The zero-order chi connectivity index (χ0) is 19.6. The van der Waals surface area contributed by atoms with Gasteiger partial charge in [0.1, 0.15) is 5.75 Å². The van der Waals surface area contributed by atoms with Crippen LogP contribution in [0.3, 0.4) is 0 Å². The number of imide groups is 1. The van der Waals surface area contributed by atoms with Gasteiger partial charge < -0.3 is 4.74 Å². The normalized spacial score (nSPS) is 13.2. The van der Waals surface area contributed by atoms with Gasteiger partial charge in [-0.15, -0.1) is 0 Å². The minimum Gasteiger partial charge on any atom is -0.494 e. The van der Waals surface area contributed by atoms with Crippen LogP contribution in [0.25, 0.3) is 0 Å². The second-order valence-corrected chi connectivity index (χ2v) is 6.26. The molecule has 1 heterocycles. The first-order chi connectivity index (χ1) is 12.9. The van der Waals surface area contributed by atoms with Crippen molar-refractivity contribution in [1.82, 2.24) is 9.80 Å². The number of rotatable bonds is 7. The lowest BCUT2D eigenvalue weighted by atomic mass is 10.1. The Morgan fingerprint density at radius 1 is 1.07 bits per heavy atom. The molecule has 0 aromatic heterocycles. The van der Waals surface area contributed by atoms with Gasteiger partial charge in [-0.3, -0.25) is 29.5 Å². The summed E-state index contributed by atoms with van der Waals surface area (Å²) in [4.78, 5) is 38.2. The fourth-order valence-electron chi connectivity index (χ4n) is 2.98. The van der Waals surface area contributed by atoms with E-state index in [1.54, 1.807) is 7.05 Å². The van der Waals surface area contributed by atoms with Crippen LogP contribution in [0.2, 0.25) is 0 Å². The molecule has 1 aliphatic heterocycles. The number of carbonyl (C=O) groups excluding carboxylic acids is 2. The molecular formula is C19H19N3O5. The van der Waals surface area contributed by atoms with Crippen LogP contribution in [0.5, 0.6) is 5.75 Å². The number of nitro groups is 1. The highest BCUT2D eigenvalue weighted by Gasteiger charge is 2.37. The molecule has 2 amide bonds. The van der Waals surface area contributed by atoms with Gasteiger partial charge in [0.2, 0.25) is 0 Å². The summed E-state index contributed by atoms with van der Waals surface area (Å²) in [6, 6.07) is 11.3. The summed E-state index contributed by atoms with van der Waals surface area (Å²) in [5.74, 6) is -0.175. The molecule has 0 spiro atoms. The molecule has 0 bridgehead atoms. The number of nitrogens with zero attached hydrogens (tertiary/aromatic N) is 3. The predicted octanol–water partition coefficient (Wildman–Crippen LogP) is 2.68. The van der Waals surface area contributed by atoms with Crippen LogP contribution in [0.4, 0.5) is 5.69 Å². The maximum atomic E-state index is 12.5. The first kappa shape index (κ1) is 18.5. The largest absolute Gasteiger partial charge is 0.494 e. The summed E-state index contributed by atoms with van der Waals surface area (Å²) in [5, 5.41) is 10.9. The summed E-state index contributed by atoms with van der Waals surface area (Å²) in [6.45, 7) is 3.13. The van der Waals surface area contributed by atoms with Crippen molar-refractivity contribution >= 4 is 17.5 Å². The van der Waals surface area contributed by atoms with E-state index < -0.39 is 16.7 Å². The van der Waals surface area contributed by atoms with Gasteiger partial charge in [0, 0.05) is 18.7 Å². The Labute approximate surface area is 156 Å². The van der Waals surface area contributed by atoms with E-state index in [1.165, 1.54) is 12.1 Å². The number of amides is 2. The van der Waals surface area contributed by atoms with E-state index in [1.807, 2.05) is 36.1 Å². The third kappa shape index (κ3) is 3.80. The predicted molar refractivity (Wildman–Crippen MR) is 97.5 cm³/mol. The van der Waals surface area contributed by atoms with Gasteiger partial charge in [0.25, 0.3) is 17.5 Å². The third-order valence-corrected chi connectivity index (χ3v) is 4.23. The molecule has 0 saturated heterocycles. The topological polar surface area (TPSA) is 93.0 Å². The second kappa shape index (κ2) is 7.55. The van der Waals surface area contributed by atoms with Gasteiger partial charge in [-0.05, 0) is 37.7 Å². The Balaban J connectivity index is 1.69. The number of benzene rings is 2. The fraction of sp³-hybridized carbons (Fsp3) is 0.263. The molecule has 0 unspecified atom stereocenters. The number of nitro benzene ring substituents is 1. The quantitative estimate of drug-likeness (QED) is 0.423. The van der Waals surface area contributed by atoms with Crippen LogP contribution in [0.1, 0.15) is 33.2 Å². The van der Waals surface area contributed by atoms with Crippen molar-refractivity contribution in [2.24, 2.45) is 0 Å². The molecule has 2 aromatic rings. The number of carbonyl (C=O) groups is 2. The summed E-state index contributed by atoms with van der Waals surface area (Å²) in [5.41, 5.74) is 1.07. The number of hydrogen-bond acceptors (Lipinski definition) is 6. The van der Waals surface area contributed by atoms with Crippen LogP contribution < -0.4 is 4.74 Å². The lowest BCUT2D eigenvalue weighted by Crippen LogP contribution is -2.39. The number of ether oxygens (including phenoxy) is 1. The molecule has 0 saturated carbocycles. The van der Waals surface area contributed by atoms with Crippen LogP contribution >= 0.6 is 0 Å². The van der Waals surface area contributed by atoms with Gasteiger partial charge in [-0.2, -0.15) is 0 Å².